The molecule has 0 radical (unpaired) electrons. The number of nitrogens with one attached hydrogen (secondary N) is 1. The molecule has 0 fully saturated rings. The molecule has 0 saturated heterocycles. The first kappa shape index (κ1) is 19.8. The number of hydrogen-bond donors (Lipinski definition) is 2. The molecule has 122 valence electrons. The number of phenols is 1. The van der Waals surface area contributed by atoms with Gasteiger partial charge in [0.05, 0.1) is 20.2 Å². The van der Waals surface area contributed by atoms with Gasteiger partial charge in [0.2, 0.25) is 0 Å². The summed E-state index contributed by atoms with van der Waals surface area (Å²) in [5.74, 6) is 0.822. The number of hydrogen-bond acceptors (Lipinski definition) is 6. The van der Waals surface area contributed by atoms with E-state index in [1.54, 1.807) is 7.11 Å². The summed E-state index contributed by atoms with van der Waals surface area (Å²) in [4.78, 5) is 10.4. The maximum Gasteiger partial charge on any atom is 0.479 e. The van der Waals surface area contributed by atoms with Gasteiger partial charge in [-0.15, -0.1) is 0 Å². The minimum atomic E-state index is -3.15. The van der Waals surface area contributed by atoms with Crippen LogP contribution in [0.1, 0.15) is 26.4 Å². The number of benzene rings is 1. The standard InChI is InChI=1S/C13H21NO2.HO4P.H2/c1-5-14(6-2)9-11-7-10(3)13(15)12(8-11)16-4;1-4-5(2)3;/h7-8,15H,5-6,9H2,1-4H3;1H;1H. The lowest BCUT2D eigenvalue weighted by molar-refractivity contribution is -0.910. The van der Waals surface area contributed by atoms with Crippen molar-refractivity contribution in [1.29, 1.82) is 0 Å². The van der Waals surface area contributed by atoms with E-state index < -0.39 is 8.25 Å². The fraction of sp³-hybridized carbons (Fsp3) is 0.538. The lowest BCUT2D eigenvalue weighted by Gasteiger charge is -2.16. The highest BCUT2D eigenvalue weighted by Crippen LogP contribution is 2.30. The maximum atomic E-state index is 9.74. The molecular formula is C13H24NO6P. The molecule has 8 heteroatoms. The van der Waals surface area contributed by atoms with Crippen molar-refractivity contribution in [3.63, 3.8) is 0 Å². The summed E-state index contributed by atoms with van der Waals surface area (Å²) < 4.78 is 16.5. The summed E-state index contributed by atoms with van der Waals surface area (Å²) in [7, 11) is -1.57. The normalized spacial score (nSPS) is 10.9. The van der Waals surface area contributed by atoms with Crippen LogP contribution in [0.4, 0.5) is 0 Å². The molecule has 0 amide bonds. The van der Waals surface area contributed by atoms with Gasteiger partial charge in [0.15, 0.2) is 11.5 Å². The molecule has 0 bridgehead atoms. The van der Waals surface area contributed by atoms with Crippen molar-refractivity contribution in [1.82, 2.24) is 0 Å². The maximum absolute atomic E-state index is 9.74. The fourth-order valence-electron chi connectivity index (χ4n) is 1.87. The van der Waals surface area contributed by atoms with E-state index in [1.165, 1.54) is 10.5 Å². The van der Waals surface area contributed by atoms with Crippen LogP contribution >= 0.6 is 8.25 Å². The molecule has 2 N–H and O–H groups in total. The topological polar surface area (TPSA) is 106 Å². The Bertz CT molecular complexity index is 456. The molecule has 1 atom stereocenters. The molecule has 0 heterocycles. The van der Waals surface area contributed by atoms with Crippen molar-refractivity contribution >= 4 is 8.25 Å². The summed E-state index contributed by atoms with van der Waals surface area (Å²) >= 11 is 0. The lowest BCUT2D eigenvalue weighted by atomic mass is 10.1. The number of ether oxygens (including phenoxy) is 1. The van der Waals surface area contributed by atoms with Crippen LogP contribution < -0.4 is 19.8 Å². The second-order valence-corrected chi connectivity index (χ2v) is 4.99. The van der Waals surface area contributed by atoms with E-state index in [2.05, 4.69) is 18.5 Å². The Labute approximate surface area is 127 Å². The van der Waals surface area contributed by atoms with Crippen molar-refractivity contribution in [2.24, 2.45) is 0 Å². The van der Waals surface area contributed by atoms with E-state index >= 15 is 0 Å². The number of aromatic hydroxyl groups is 1. The van der Waals surface area contributed by atoms with Gasteiger partial charge in [0, 0.05) is 6.99 Å². The third-order valence-corrected chi connectivity index (χ3v) is 3.18. The largest absolute Gasteiger partial charge is 0.674 e. The molecule has 1 rings (SSSR count). The Morgan fingerprint density at radius 1 is 1.38 bits per heavy atom. The van der Waals surface area contributed by atoms with Gasteiger partial charge in [0.1, 0.15) is 6.54 Å². The Kier molecular flexibility index (Phi) is 9.86. The second-order valence-electron chi connectivity index (χ2n) is 4.40. The molecule has 0 aliphatic heterocycles. The first-order valence-electron chi connectivity index (χ1n) is 6.53. The second kappa shape index (κ2) is 10.5. The summed E-state index contributed by atoms with van der Waals surface area (Å²) in [5.41, 5.74) is 2.09. The van der Waals surface area contributed by atoms with Crippen LogP contribution in [0.2, 0.25) is 0 Å². The number of rotatable bonds is 6. The molecule has 0 aromatic heterocycles. The van der Waals surface area contributed by atoms with Gasteiger partial charge in [0.25, 0.3) is 0 Å². The SMILES string of the molecule is CC[NH+](CC)Cc1cc(C)c(O)c(OC)c1.O=[P+]([O-])O[O-].[HH]. The summed E-state index contributed by atoms with van der Waals surface area (Å²) in [6.07, 6.45) is 0. The Morgan fingerprint density at radius 2 is 1.90 bits per heavy atom. The minimum Gasteiger partial charge on any atom is -0.674 e. The third-order valence-electron chi connectivity index (χ3n) is 3.06. The van der Waals surface area contributed by atoms with Crippen molar-refractivity contribution < 1.29 is 35.6 Å². The highest BCUT2D eigenvalue weighted by Gasteiger charge is 2.10. The Hall–Kier alpha value is -1.24. The van der Waals surface area contributed by atoms with Gasteiger partial charge in [-0.3, -0.25) is 0 Å². The smallest absolute Gasteiger partial charge is 0.479 e. The van der Waals surface area contributed by atoms with E-state index in [0.717, 1.165) is 25.2 Å². The van der Waals surface area contributed by atoms with Gasteiger partial charge in [-0.1, -0.05) is 0 Å². The van der Waals surface area contributed by atoms with E-state index in [1.807, 2.05) is 19.1 Å². The van der Waals surface area contributed by atoms with Crippen molar-refractivity contribution in [3.8, 4) is 11.5 Å². The quantitative estimate of drug-likeness (QED) is 0.422. The van der Waals surface area contributed by atoms with E-state index in [4.69, 9.17) is 19.5 Å². The van der Waals surface area contributed by atoms with Crippen molar-refractivity contribution in [2.75, 3.05) is 20.2 Å². The zero-order valence-electron chi connectivity index (χ0n) is 12.7. The van der Waals surface area contributed by atoms with E-state index in [0.29, 0.717) is 5.75 Å². The van der Waals surface area contributed by atoms with Crippen molar-refractivity contribution in [3.05, 3.63) is 23.3 Å². The summed E-state index contributed by atoms with van der Waals surface area (Å²) in [6, 6.07) is 3.96. The molecule has 1 aromatic carbocycles. The van der Waals surface area contributed by atoms with Crippen LogP contribution in [0, 0.1) is 6.92 Å². The summed E-state index contributed by atoms with van der Waals surface area (Å²) in [5, 5.41) is 18.3. The van der Waals surface area contributed by atoms with Gasteiger partial charge in [-0.2, -0.15) is 0 Å². The van der Waals surface area contributed by atoms with Crippen LogP contribution in [-0.4, -0.2) is 25.3 Å². The highest BCUT2D eigenvalue weighted by atomic mass is 31.1. The zero-order valence-corrected chi connectivity index (χ0v) is 13.6. The highest BCUT2D eigenvalue weighted by molar-refractivity contribution is 7.30. The number of methoxy groups -OCH3 is 1. The Balaban J connectivity index is 0. The van der Waals surface area contributed by atoms with Crippen LogP contribution in [-0.2, 0) is 15.8 Å². The molecule has 0 saturated carbocycles. The molecule has 0 aliphatic rings. The molecule has 0 spiro atoms. The number of phenolic OH excluding ortho intramolecular Hbond substituents is 1. The third kappa shape index (κ3) is 7.36. The fourth-order valence-corrected chi connectivity index (χ4v) is 1.87. The van der Waals surface area contributed by atoms with Crippen LogP contribution in [0.5, 0.6) is 11.5 Å². The molecule has 0 aliphatic carbocycles. The monoisotopic (exact) mass is 321 g/mol. The molecular weight excluding hydrogens is 297 g/mol. The lowest BCUT2D eigenvalue weighted by Crippen LogP contribution is -3.10. The zero-order chi connectivity index (χ0) is 16.4. The predicted molar refractivity (Wildman–Crippen MR) is 76.0 cm³/mol. The first-order valence-corrected chi connectivity index (χ1v) is 7.63. The predicted octanol–water partition coefficient (Wildman–Crippen LogP) is -0.324. The van der Waals surface area contributed by atoms with Crippen LogP contribution in [0.15, 0.2) is 12.1 Å². The molecule has 21 heavy (non-hydrogen) atoms. The van der Waals surface area contributed by atoms with E-state index in [9.17, 15) is 5.11 Å². The Morgan fingerprint density at radius 3 is 2.29 bits per heavy atom. The minimum absolute atomic E-state index is 0. The van der Waals surface area contributed by atoms with Gasteiger partial charge in [-0.25, -0.2) is 4.67 Å². The molecule has 7 nitrogen and oxygen atoms in total. The number of quaternary nitrogens is 1. The average Bonchev–Trinajstić information content (AvgIpc) is 2.48. The van der Waals surface area contributed by atoms with Crippen LogP contribution in [0.25, 0.3) is 0 Å². The molecule has 1 unspecified atom stereocenters. The van der Waals surface area contributed by atoms with Crippen LogP contribution in [0.3, 0.4) is 0 Å². The van der Waals surface area contributed by atoms with E-state index in [-0.39, 0.29) is 7.18 Å². The van der Waals surface area contributed by atoms with Gasteiger partial charge >= 0.3 is 8.25 Å². The van der Waals surface area contributed by atoms with Gasteiger partial charge in [-0.05, 0) is 43.0 Å². The van der Waals surface area contributed by atoms with Gasteiger partial charge < -0.3 is 24.9 Å². The summed E-state index contributed by atoms with van der Waals surface area (Å²) in [6.45, 7) is 9.47. The molecule has 1 aromatic rings. The van der Waals surface area contributed by atoms with Crippen molar-refractivity contribution in [2.45, 2.75) is 27.3 Å². The number of aryl methyl sites for hydroxylation is 1. The first-order chi connectivity index (χ1) is 9.89. The average molecular weight is 321 g/mol.